The van der Waals surface area contributed by atoms with E-state index in [0.29, 0.717) is 18.1 Å². The van der Waals surface area contributed by atoms with Crippen LogP contribution >= 0.6 is 22.9 Å². The van der Waals surface area contributed by atoms with Crippen molar-refractivity contribution in [2.24, 2.45) is 5.92 Å². The molecule has 22 heavy (non-hydrogen) atoms. The minimum atomic E-state index is 0.0636. The molecule has 1 aliphatic rings. The van der Waals surface area contributed by atoms with E-state index in [9.17, 15) is 9.90 Å². The summed E-state index contributed by atoms with van der Waals surface area (Å²) in [6.07, 6.45) is 0. The minimum absolute atomic E-state index is 0.0636. The van der Waals surface area contributed by atoms with Gasteiger partial charge in [0, 0.05) is 41.9 Å². The molecule has 116 valence electrons. The lowest BCUT2D eigenvalue weighted by molar-refractivity contribution is 0.0781. The van der Waals surface area contributed by atoms with Crippen molar-refractivity contribution in [1.29, 1.82) is 0 Å². The molecule has 0 aliphatic carbocycles. The topological polar surface area (TPSA) is 40.5 Å². The maximum Gasteiger partial charge on any atom is 0.254 e. The van der Waals surface area contributed by atoms with Gasteiger partial charge in [-0.25, -0.2) is 0 Å². The largest absolute Gasteiger partial charge is 0.396 e. The molecule has 1 saturated heterocycles. The van der Waals surface area contributed by atoms with Crippen LogP contribution < -0.4 is 0 Å². The third-order valence-electron chi connectivity index (χ3n) is 4.35. The Morgan fingerprint density at radius 1 is 1.32 bits per heavy atom. The second-order valence-electron chi connectivity index (χ2n) is 5.78. The average molecular weight is 336 g/mol. The molecule has 1 amide bonds. The number of thiophene rings is 1. The summed E-state index contributed by atoms with van der Waals surface area (Å²) in [4.78, 5) is 14.5. The number of aliphatic hydroxyl groups is 1. The molecule has 3 nitrogen and oxygen atoms in total. The molecule has 1 N–H and O–H groups in total. The fourth-order valence-electron chi connectivity index (χ4n) is 3.06. The molecule has 2 atom stereocenters. The zero-order valence-corrected chi connectivity index (χ0v) is 13.9. The first-order valence-corrected chi connectivity index (χ1v) is 8.60. The number of carbonyl (C=O) groups excluding carboxylic acids is 1. The molecule has 5 heteroatoms. The van der Waals surface area contributed by atoms with Gasteiger partial charge in [-0.3, -0.25) is 4.79 Å². The summed E-state index contributed by atoms with van der Waals surface area (Å²) in [7, 11) is 0. The summed E-state index contributed by atoms with van der Waals surface area (Å²) in [6, 6.07) is 7.69. The van der Waals surface area contributed by atoms with Crippen molar-refractivity contribution >= 4 is 28.8 Å². The van der Waals surface area contributed by atoms with Crippen LogP contribution in [0.1, 0.15) is 27.4 Å². The highest BCUT2D eigenvalue weighted by Crippen LogP contribution is 2.34. The normalized spacial score (nSPS) is 21.3. The van der Waals surface area contributed by atoms with Gasteiger partial charge >= 0.3 is 0 Å². The summed E-state index contributed by atoms with van der Waals surface area (Å²) in [5.41, 5.74) is 2.92. The number of benzene rings is 1. The van der Waals surface area contributed by atoms with Crippen molar-refractivity contribution in [3.05, 3.63) is 56.7 Å². The molecule has 3 rings (SSSR count). The Morgan fingerprint density at radius 2 is 2.05 bits per heavy atom. The predicted molar refractivity (Wildman–Crippen MR) is 89.7 cm³/mol. The molecule has 1 aromatic carbocycles. The van der Waals surface area contributed by atoms with E-state index in [2.05, 4.69) is 0 Å². The SMILES string of the molecule is Cc1cscc1C(=O)N1C[C@@H](CO)[C@H](c2ccc(Cl)cc2)C1. The molecule has 1 fully saturated rings. The third-order valence-corrected chi connectivity index (χ3v) is 5.46. The minimum Gasteiger partial charge on any atom is -0.396 e. The van der Waals surface area contributed by atoms with Gasteiger partial charge < -0.3 is 10.0 Å². The number of likely N-dealkylation sites (tertiary alicyclic amines) is 1. The molecular formula is C17H18ClNO2S. The highest BCUT2D eigenvalue weighted by atomic mass is 35.5. The number of hydrogen-bond donors (Lipinski definition) is 1. The molecule has 1 aliphatic heterocycles. The van der Waals surface area contributed by atoms with Crippen LogP contribution in [0.2, 0.25) is 5.02 Å². The van der Waals surface area contributed by atoms with Crippen LogP contribution in [0.3, 0.4) is 0 Å². The van der Waals surface area contributed by atoms with E-state index in [1.807, 2.05) is 46.8 Å². The van der Waals surface area contributed by atoms with E-state index < -0.39 is 0 Å². The fourth-order valence-corrected chi connectivity index (χ4v) is 4.01. The van der Waals surface area contributed by atoms with Crippen LogP contribution in [0.15, 0.2) is 35.0 Å². The summed E-state index contributed by atoms with van der Waals surface area (Å²) in [5.74, 6) is 0.294. The standard InChI is InChI=1S/C17H18ClNO2S/c1-11-9-22-10-16(11)17(21)19-6-13(8-20)15(7-19)12-2-4-14(18)5-3-12/h2-5,9-10,13,15,20H,6-8H2,1H3/t13-,15-/m0/s1. The molecular weight excluding hydrogens is 318 g/mol. The van der Waals surface area contributed by atoms with E-state index in [1.165, 1.54) is 0 Å². The molecule has 0 saturated carbocycles. The Hall–Kier alpha value is -1.36. The Bertz CT molecular complexity index is 668. The first kappa shape index (κ1) is 15.5. The zero-order chi connectivity index (χ0) is 15.7. The zero-order valence-electron chi connectivity index (χ0n) is 12.3. The lowest BCUT2D eigenvalue weighted by atomic mass is 9.90. The van der Waals surface area contributed by atoms with Gasteiger partial charge in [0.05, 0.1) is 5.56 Å². The van der Waals surface area contributed by atoms with E-state index in [0.717, 1.165) is 16.7 Å². The van der Waals surface area contributed by atoms with E-state index >= 15 is 0 Å². The van der Waals surface area contributed by atoms with Gasteiger partial charge in [0.25, 0.3) is 5.91 Å². The molecule has 0 radical (unpaired) electrons. The summed E-state index contributed by atoms with van der Waals surface area (Å²) in [5, 5.41) is 14.3. The van der Waals surface area contributed by atoms with Crippen LogP contribution in [0.5, 0.6) is 0 Å². The third kappa shape index (κ3) is 2.91. The summed E-state index contributed by atoms with van der Waals surface area (Å²) >= 11 is 7.49. The van der Waals surface area contributed by atoms with Gasteiger partial charge in [-0.15, -0.1) is 0 Å². The number of aryl methyl sites for hydroxylation is 1. The quantitative estimate of drug-likeness (QED) is 0.931. The van der Waals surface area contributed by atoms with Crippen molar-refractivity contribution < 1.29 is 9.90 Å². The second kappa shape index (κ2) is 6.41. The highest BCUT2D eigenvalue weighted by Gasteiger charge is 2.36. The first-order chi connectivity index (χ1) is 10.6. The van der Waals surface area contributed by atoms with Gasteiger partial charge in [-0.1, -0.05) is 23.7 Å². The van der Waals surface area contributed by atoms with Crippen molar-refractivity contribution in [3.63, 3.8) is 0 Å². The predicted octanol–water partition coefficient (Wildman–Crippen LogP) is 3.56. The van der Waals surface area contributed by atoms with Crippen molar-refractivity contribution in [1.82, 2.24) is 4.90 Å². The van der Waals surface area contributed by atoms with Crippen LogP contribution in [0.25, 0.3) is 0 Å². The van der Waals surface area contributed by atoms with Gasteiger partial charge in [0.1, 0.15) is 0 Å². The van der Waals surface area contributed by atoms with Gasteiger partial charge in [0.15, 0.2) is 0 Å². The van der Waals surface area contributed by atoms with Crippen LogP contribution in [0, 0.1) is 12.8 Å². The van der Waals surface area contributed by atoms with E-state index in [1.54, 1.807) is 11.3 Å². The molecule has 0 unspecified atom stereocenters. The van der Waals surface area contributed by atoms with E-state index in [-0.39, 0.29) is 24.3 Å². The maximum absolute atomic E-state index is 12.7. The number of halogens is 1. The molecule has 2 aromatic rings. The number of aliphatic hydroxyl groups excluding tert-OH is 1. The lowest BCUT2D eigenvalue weighted by Gasteiger charge is -2.17. The Kier molecular flexibility index (Phi) is 4.52. The molecule has 1 aromatic heterocycles. The van der Waals surface area contributed by atoms with Crippen molar-refractivity contribution in [2.45, 2.75) is 12.8 Å². The van der Waals surface area contributed by atoms with Gasteiger partial charge in [-0.2, -0.15) is 11.3 Å². The Balaban J connectivity index is 1.81. The summed E-state index contributed by atoms with van der Waals surface area (Å²) in [6.45, 7) is 3.28. The molecule has 0 bridgehead atoms. The van der Waals surface area contributed by atoms with Crippen LogP contribution in [-0.2, 0) is 0 Å². The van der Waals surface area contributed by atoms with Crippen LogP contribution in [0.4, 0.5) is 0 Å². The number of amides is 1. The lowest BCUT2D eigenvalue weighted by Crippen LogP contribution is -2.29. The monoisotopic (exact) mass is 335 g/mol. The first-order valence-electron chi connectivity index (χ1n) is 7.28. The smallest absolute Gasteiger partial charge is 0.254 e. The number of rotatable bonds is 3. The Morgan fingerprint density at radius 3 is 2.64 bits per heavy atom. The number of hydrogen-bond acceptors (Lipinski definition) is 3. The van der Waals surface area contributed by atoms with E-state index in [4.69, 9.17) is 11.6 Å². The highest BCUT2D eigenvalue weighted by molar-refractivity contribution is 7.08. The number of carbonyl (C=O) groups is 1. The molecule has 0 spiro atoms. The van der Waals surface area contributed by atoms with Gasteiger partial charge in [-0.05, 0) is 35.6 Å². The van der Waals surface area contributed by atoms with Crippen LogP contribution in [-0.4, -0.2) is 35.6 Å². The molecule has 2 heterocycles. The van der Waals surface area contributed by atoms with Gasteiger partial charge in [0.2, 0.25) is 0 Å². The fraction of sp³-hybridized carbons (Fsp3) is 0.353. The van der Waals surface area contributed by atoms with Crippen molar-refractivity contribution in [2.75, 3.05) is 19.7 Å². The Labute approximate surface area is 139 Å². The van der Waals surface area contributed by atoms with Crippen molar-refractivity contribution in [3.8, 4) is 0 Å². The second-order valence-corrected chi connectivity index (χ2v) is 6.96. The number of nitrogens with zero attached hydrogens (tertiary/aromatic N) is 1. The average Bonchev–Trinajstić information content (AvgIpc) is 3.13. The summed E-state index contributed by atoms with van der Waals surface area (Å²) < 4.78 is 0. The maximum atomic E-state index is 12.7.